The monoisotopic (exact) mass is 263 g/mol. The fourth-order valence-corrected chi connectivity index (χ4v) is 2.47. The lowest BCUT2D eigenvalue weighted by atomic mass is 10.0. The van der Waals surface area contributed by atoms with Crippen molar-refractivity contribution in [3.8, 4) is 6.07 Å². The number of carbonyl (C=O) groups is 1. The molecular formula is C16H13N3O. The second-order valence-corrected chi connectivity index (χ2v) is 4.73. The lowest BCUT2D eigenvalue weighted by molar-refractivity contribution is 0.0980. The Morgan fingerprint density at radius 3 is 2.85 bits per heavy atom. The zero-order chi connectivity index (χ0) is 13.9. The van der Waals surface area contributed by atoms with Gasteiger partial charge in [0, 0.05) is 18.4 Å². The smallest absolute Gasteiger partial charge is 0.276 e. The minimum atomic E-state index is -0.110. The van der Waals surface area contributed by atoms with Crippen LogP contribution in [0.3, 0.4) is 0 Å². The average molecular weight is 263 g/mol. The maximum Gasteiger partial charge on any atom is 0.276 e. The highest BCUT2D eigenvalue weighted by Crippen LogP contribution is 2.27. The molecule has 1 aliphatic rings. The fraction of sp³-hybridized carbons (Fsp3) is 0.188. The Morgan fingerprint density at radius 2 is 2.10 bits per heavy atom. The van der Waals surface area contributed by atoms with Gasteiger partial charge in [-0.15, -0.1) is 0 Å². The molecule has 4 nitrogen and oxygen atoms in total. The maximum absolute atomic E-state index is 12.5. The van der Waals surface area contributed by atoms with Crippen molar-refractivity contribution in [3.05, 3.63) is 59.4 Å². The molecule has 1 aromatic heterocycles. The van der Waals surface area contributed by atoms with E-state index in [1.807, 2.05) is 24.3 Å². The fourth-order valence-electron chi connectivity index (χ4n) is 2.47. The van der Waals surface area contributed by atoms with Gasteiger partial charge in [-0.2, -0.15) is 5.26 Å². The zero-order valence-corrected chi connectivity index (χ0v) is 10.9. The quantitative estimate of drug-likeness (QED) is 0.794. The summed E-state index contributed by atoms with van der Waals surface area (Å²) in [6, 6.07) is 13.2. The van der Waals surface area contributed by atoms with Crippen LogP contribution in [0.1, 0.15) is 28.0 Å². The second kappa shape index (κ2) is 5.14. The maximum atomic E-state index is 12.5. The summed E-state index contributed by atoms with van der Waals surface area (Å²) in [7, 11) is 0. The summed E-state index contributed by atoms with van der Waals surface area (Å²) in [6.07, 6.45) is 3.39. The Morgan fingerprint density at radius 1 is 1.25 bits per heavy atom. The van der Waals surface area contributed by atoms with Crippen molar-refractivity contribution < 1.29 is 4.79 Å². The number of para-hydroxylation sites is 1. The summed E-state index contributed by atoms with van der Waals surface area (Å²) in [6.45, 7) is 0.706. The van der Waals surface area contributed by atoms with Crippen LogP contribution in [0.25, 0.3) is 0 Å². The SMILES string of the molecule is N#Cc1ccc(C(=O)N2CCCc3ccccc32)nc1. The molecule has 0 spiro atoms. The Balaban J connectivity index is 1.93. The summed E-state index contributed by atoms with van der Waals surface area (Å²) in [5, 5.41) is 8.76. The van der Waals surface area contributed by atoms with E-state index in [-0.39, 0.29) is 5.91 Å². The van der Waals surface area contributed by atoms with Gasteiger partial charge in [0.25, 0.3) is 5.91 Å². The molecule has 0 aliphatic carbocycles. The van der Waals surface area contributed by atoms with E-state index in [0.717, 1.165) is 18.5 Å². The number of aromatic nitrogens is 1. The van der Waals surface area contributed by atoms with Crippen molar-refractivity contribution in [2.24, 2.45) is 0 Å². The summed E-state index contributed by atoms with van der Waals surface area (Å²) in [5.74, 6) is -0.110. The first kappa shape index (κ1) is 12.4. The van der Waals surface area contributed by atoms with Crippen LogP contribution in [0.2, 0.25) is 0 Å². The number of nitriles is 1. The van der Waals surface area contributed by atoms with Crippen molar-refractivity contribution in [2.45, 2.75) is 12.8 Å². The Labute approximate surface area is 117 Å². The van der Waals surface area contributed by atoms with Gasteiger partial charge >= 0.3 is 0 Å². The first-order chi connectivity index (χ1) is 9.79. The number of rotatable bonds is 1. The highest BCUT2D eigenvalue weighted by molar-refractivity contribution is 6.05. The van der Waals surface area contributed by atoms with Crippen LogP contribution in [0.15, 0.2) is 42.6 Å². The zero-order valence-electron chi connectivity index (χ0n) is 10.9. The van der Waals surface area contributed by atoms with Gasteiger partial charge in [0.15, 0.2) is 0 Å². The molecule has 3 rings (SSSR count). The third-order valence-electron chi connectivity index (χ3n) is 3.47. The van der Waals surface area contributed by atoms with Gasteiger partial charge < -0.3 is 4.90 Å². The number of pyridine rings is 1. The van der Waals surface area contributed by atoms with Crippen molar-refractivity contribution in [1.29, 1.82) is 5.26 Å². The summed E-state index contributed by atoms with van der Waals surface area (Å²) in [4.78, 5) is 18.4. The van der Waals surface area contributed by atoms with E-state index in [1.54, 1.807) is 17.0 Å². The largest absolute Gasteiger partial charge is 0.307 e. The number of carbonyl (C=O) groups excluding carboxylic acids is 1. The number of anilines is 1. The third-order valence-corrected chi connectivity index (χ3v) is 3.47. The number of fused-ring (bicyclic) bond motifs is 1. The van der Waals surface area contributed by atoms with Crippen LogP contribution in [0.5, 0.6) is 0 Å². The molecule has 20 heavy (non-hydrogen) atoms. The minimum absolute atomic E-state index is 0.110. The van der Waals surface area contributed by atoms with E-state index < -0.39 is 0 Å². The molecule has 0 fully saturated rings. The van der Waals surface area contributed by atoms with Gasteiger partial charge in [-0.05, 0) is 36.6 Å². The molecule has 0 N–H and O–H groups in total. The van der Waals surface area contributed by atoms with E-state index in [1.165, 1.54) is 11.8 Å². The van der Waals surface area contributed by atoms with Gasteiger partial charge in [-0.3, -0.25) is 4.79 Å². The van der Waals surface area contributed by atoms with Gasteiger partial charge in [0.1, 0.15) is 11.8 Å². The molecule has 0 saturated carbocycles. The van der Waals surface area contributed by atoms with Crippen LogP contribution in [-0.2, 0) is 6.42 Å². The van der Waals surface area contributed by atoms with E-state index >= 15 is 0 Å². The Kier molecular flexibility index (Phi) is 3.18. The molecule has 0 atom stereocenters. The molecule has 0 radical (unpaired) electrons. The van der Waals surface area contributed by atoms with Crippen molar-refractivity contribution in [3.63, 3.8) is 0 Å². The predicted octanol–water partition coefficient (Wildman–Crippen LogP) is 2.55. The molecule has 98 valence electrons. The summed E-state index contributed by atoms with van der Waals surface area (Å²) < 4.78 is 0. The molecule has 1 aromatic carbocycles. The first-order valence-electron chi connectivity index (χ1n) is 6.55. The van der Waals surface area contributed by atoms with Crippen LogP contribution < -0.4 is 4.90 Å². The van der Waals surface area contributed by atoms with Crippen LogP contribution >= 0.6 is 0 Å². The second-order valence-electron chi connectivity index (χ2n) is 4.73. The Bertz CT molecular complexity index is 686. The number of aryl methyl sites for hydroxylation is 1. The van der Waals surface area contributed by atoms with Gasteiger partial charge in [-0.1, -0.05) is 18.2 Å². The van der Waals surface area contributed by atoms with Gasteiger partial charge in [0.05, 0.1) is 5.56 Å². The number of nitrogens with zero attached hydrogens (tertiary/aromatic N) is 3. The first-order valence-corrected chi connectivity index (χ1v) is 6.55. The average Bonchev–Trinajstić information content (AvgIpc) is 2.54. The van der Waals surface area contributed by atoms with E-state index in [9.17, 15) is 4.79 Å². The normalized spacial score (nSPS) is 13.4. The molecule has 0 unspecified atom stereocenters. The molecule has 1 aliphatic heterocycles. The lowest BCUT2D eigenvalue weighted by Gasteiger charge is -2.29. The summed E-state index contributed by atoms with van der Waals surface area (Å²) in [5.41, 5.74) is 3.00. The van der Waals surface area contributed by atoms with Gasteiger partial charge in [0.2, 0.25) is 0 Å². The van der Waals surface area contributed by atoms with Crippen molar-refractivity contribution in [2.75, 3.05) is 11.4 Å². The molecule has 0 bridgehead atoms. The number of amides is 1. The van der Waals surface area contributed by atoms with Gasteiger partial charge in [-0.25, -0.2) is 4.98 Å². The minimum Gasteiger partial charge on any atom is -0.307 e. The highest BCUT2D eigenvalue weighted by atomic mass is 16.2. The molecule has 4 heteroatoms. The van der Waals surface area contributed by atoms with Crippen LogP contribution in [0, 0.1) is 11.3 Å². The third kappa shape index (κ3) is 2.14. The van der Waals surface area contributed by atoms with E-state index in [0.29, 0.717) is 17.8 Å². The highest BCUT2D eigenvalue weighted by Gasteiger charge is 2.23. The van der Waals surface area contributed by atoms with Crippen LogP contribution in [-0.4, -0.2) is 17.4 Å². The molecule has 2 heterocycles. The predicted molar refractivity (Wildman–Crippen MR) is 75.4 cm³/mol. The summed E-state index contributed by atoms with van der Waals surface area (Å²) >= 11 is 0. The van der Waals surface area contributed by atoms with E-state index in [2.05, 4.69) is 11.1 Å². The number of hydrogen-bond acceptors (Lipinski definition) is 3. The molecular weight excluding hydrogens is 250 g/mol. The topological polar surface area (TPSA) is 57.0 Å². The van der Waals surface area contributed by atoms with Crippen molar-refractivity contribution >= 4 is 11.6 Å². The standard InChI is InChI=1S/C16H13N3O/c17-10-12-7-8-14(18-11-12)16(20)19-9-3-5-13-4-1-2-6-15(13)19/h1-2,4,6-8,11H,3,5,9H2. The Hall–Kier alpha value is -2.67. The molecule has 2 aromatic rings. The molecule has 1 amide bonds. The van der Waals surface area contributed by atoms with Crippen molar-refractivity contribution in [1.82, 2.24) is 4.98 Å². The van der Waals surface area contributed by atoms with Crippen LogP contribution in [0.4, 0.5) is 5.69 Å². The van der Waals surface area contributed by atoms with E-state index in [4.69, 9.17) is 5.26 Å². The molecule has 0 saturated heterocycles. The lowest BCUT2D eigenvalue weighted by Crippen LogP contribution is -2.35. The number of hydrogen-bond donors (Lipinski definition) is 0. The number of benzene rings is 1.